The minimum absolute atomic E-state index is 0.739. The van der Waals surface area contributed by atoms with Crippen molar-refractivity contribution in [3.63, 3.8) is 0 Å². The third kappa shape index (κ3) is 4.52. The smallest absolute Gasteiger partial charge is 0.119 e. The first-order chi connectivity index (χ1) is 9.25. The van der Waals surface area contributed by atoms with E-state index in [2.05, 4.69) is 25.1 Å². The van der Waals surface area contributed by atoms with E-state index in [4.69, 9.17) is 10.5 Å². The van der Waals surface area contributed by atoms with Crippen LogP contribution in [0.2, 0.25) is 0 Å². The summed E-state index contributed by atoms with van der Waals surface area (Å²) in [6, 6.07) is 16.1. The number of ether oxygens (including phenoxy) is 1. The van der Waals surface area contributed by atoms with Crippen molar-refractivity contribution in [1.82, 2.24) is 0 Å². The average Bonchev–Trinajstić information content (AvgIpc) is 2.42. The summed E-state index contributed by atoms with van der Waals surface area (Å²) < 4.78 is 5.68. The lowest BCUT2D eigenvalue weighted by Crippen LogP contribution is -1.99. The zero-order chi connectivity index (χ0) is 13.5. The molecule has 0 fully saturated rings. The van der Waals surface area contributed by atoms with E-state index in [-0.39, 0.29) is 0 Å². The number of hydrogen-bond acceptors (Lipinski definition) is 3. The van der Waals surface area contributed by atoms with Gasteiger partial charge in [0, 0.05) is 16.3 Å². The Balaban J connectivity index is 1.67. The maximum absolute atomic E-state index is 5.89. The summed E-state index contributed by atoms with van der Waals surface area (Å²) >= 11 is 1.78. The molecule has 19 heavy (non-hydrogen) atoms. The number of nitrogen functional groups attached to an aromatic ring is 1. The van der Waals surface area contributed by atoms with Crippen LogP contribution in [0.4, 0.5) is 5.69 Å². The van der Waals surface area contributed by atoms with Crippen LogP contribution >= 0.6 is 11.8 Å². The summed E-state index contributed by atoms with van der Waals surface area (Å²) in [7, 11) is 0. The summed E-state index contributed by atoms with van der Waals surface area (Å²) in [5, 5.41) is 0. The predicted octanol–water partition coefficient (Wildman–Crippen LogP) is 4.14. The van der Waals surface area contributed by atoms with Gasteiger partial charge >= 0.3 is 0 Å². The Labute approximate surface area is 119 Å². The summed E-state index contributed by atoms with van der Waals surface area (Å²) in [5.74, 6) is 1.95. The SMILES string of the molecule is Cc1ccc(OCCCSc2ccccc2N)cc1. The normalized spacial score (nSPS) is 10.4. The molecular weight excluding hydrogens is 254 g/mol. The van der Waals surface area contributed by atoms with Gasteiger partial charge in [-0.3, -0.25) is 0 Å². The average molecular weight is 273 g/mol. The number of aryl methyl sites for hydroxylation is 1. The molecule has 0 amide bonds. The maximum atomic E-state index is 5.89. The highest BCUT2D eigenvalue weighted by atomic mass is 32.2. The molecule has 2 aromatic carbocycles. The van der Waals surface area contributed by atoms with Crippen LogP contribution in [0.3, 0.4) is 0 Å². The molecule has 2 N–H and O–H groups in total. The minimum Gasteiger partial charge on any atom is -0.494 e. The van der Waals surface area contributed by atoms with Crippen molar-refractivity contribution in [2.75, 3.05) is 18.1 Å². The molecule has 0 aliphatic rings. The fourth-order valence-electron chi connectivity index (χ4n) is 1.68. The van der Waals surface area contributed by atoms with Gasteiger partial charge in [0.25, 0.3) is 0 Å². The molecule has 0 saturated heterocycles. The van der Waals surface area contributed by atoms with E-state index >= 15 is 0 Å². The zero-order valence-electron chi connectivity index (χ0n) is 11.1. The Morgan fingerprint density at radius 1 is 1.05 bits per heavy atom. The second-order valence-electron chi connectivity index (χ2n) is 4.40. The van der Waals surface area contributed by atoms with Gasteiger partial charge in [0.15, 0.2) is 0 Å². The highest BCUT2D eigenvalue weighted by Gasteiger charge is 1.98. The molecule has 2 nitrogen and oxygen atoms in total. The number of thioether (sulfide) groups is 1. The Bertz CT molecular complexity index is 510. The maximum Gasteiger partial charge on any atom is 0.119 e. The molecule has 0 radical (unpaired) electrons. The number of rotatable bonds is 6. The lowest BCUT2D eigenvalue weighted by Gasteiger charge is -2.07. The molecule has 0 aromatic heterocycles. The molecule has 0 saturated carbocycles. The standard InChI is InChI=1S/C16H19NOS/c1-13-7-9-14(10-8-13)18-11-4-12-19-16-6-3-2-5-15(16)17/h2-3,5-10H,4,11-12,17H2,1H3. The van der Waals surface area contributed by atoms with Gasteiger partial charge in [-0.1, -0.05) is 29.8 Å². The molecule has 0 aliphatic heterocycles. The van der Waals surface area contributed by atoms with Crippen molar-refractivity contribution >= 4 is 17.4 Å². The zero-order valence-corrected chi connectivity index (χ0v) is 12.0. The Kier molecular flexibility index (Phi) is 5.16. The third-order valence-electron chi connectivity index (χ3n) is 2.75. The number of hydrogen-bond donors (Lipinski definition) is 1. The van der Waals surface area contributed by atoms with Crippen LogP contribution in [-0.4, -0.2) is 12.4 Å². The fraction of sp³-hybridized carbons (Fsp3) is 0.250. The van der Waals surface area contributed by atoms with E-state index in [1.54, 1.807) is 11.8 Å². The molecule has 0 unspecified atom stereocenters. The number of anilines is 1. The van der Waals surface area contributed by atoms with Crippen LogP contribution in [0, 0.1) is 6.92 Å². The van der Waals surface area contributed by atoms with Crippen LogP contribution in [0.15, 0.2) is 53.4 Å². The van der Waals surface area contributed by atoms with Gasteiger partial charge in [0.2, 0.25) is 0 Å². The van der Waals surface area contributed by atoms with Crippen LogP contribution in [-0.2, 0) is 0 Å². The van der Waals surface area contributed by atoms with E-state index in [1.165, 1.54) is 5.56 Å². The second kappa shape index (κ2) is 7.10. The van der Waals surface area contributed by atoms with Crippen LogP contribution in [0.1, 0.15) is 12.0 Å². The van der Waals surface area contributed by atoms with Gasteiger partial charge in [0.1, 0.15) is 5.75 Å². The van der Waals surface area contributed by atoms with Gasteiger partial charge in [0.05, 0.1) is 6.61 Å². The van der Waals surface area contributed by atoms with Crippen molar-refractivity contribution in [3.05, 3.63) is 54.1 Å². The topological polar surface area (TPSA) is 35.2 Å². The summed E-state index contributed by atoms with van der Waals surface area (Å²) in [5.41, 5.74) is 7.99. The number of benzene rings is 2. The molecule has 0 heterocycles. The molecule has 0 bridgehead atoms. The first kappa shape index (κ1) is 13.8. The van der Waals surface area contributed by atoms with Crippen molar-refractivity contribution in [2.45, 2.75) is 18.2 Å². The van der Waals surface area contributed by atoms with E-state index in [1.807, 2.05) is 30.3 Å². The molecular formula is C16H19NOS. The fourth-order valence-corrected chi connectivity index (χ4v) is 2.57. The Hall–Kier alpha value is -1.61. The van der Waals surface area contributed by atoms with Gasteiger partial charge in [-0.2, -0.15) is 0 Å². The monoisotopic (exact) mass is 273 g/mol. The number of nitrogens with two attached hydrogens (primary N) is 1. The molecule has 3 heteroatoms. The van der Waals surface area contributed by atoms with E-state index in [0.29, 0.717) is 0 Å². The Morgan fingerprint density at radius 3 is 2.53 bits per heavy atom. The van der Waals surface area contributed by atoms with Gasteiger partial charge < -0.3 is 10.5 Å². The lowest BCUT2D eigenvalue weighted by molar-refractivity contribution is 0.318. The van der Waals surface area contributed by atoms with Crippen molar-refractivity contribution < 1.29 is 4.74 Å². The molecule has 0 atom stereocenters. The van der Waals surface area contributed by atoms with Crippen LogP contribution in [0.25, 0.3) is 0 Å². The van der Waals surface area contributed by atoms with E-state index < -0.39 is 0 Å². The molecule has 2 aromatic rings. The van der Waals surface area contributed by atoms with E-state index in [9.17, 15) is 0 Å². The molecule has 0 aliphatic carbocycles. The summed E-state index contributed by atoms with van der Waals surface area (Å²) in [6.45, 7) is 2.81. The summed E-state index contributed by atoms with van der Waals surface area (Å²) in [4.78, 5) is 1.15. The highest BCUT2D eigenvalue weighted by molar-refractivity contribution is 7.99. The third-order valence-corrected chi connectivity index (χ3v) is 3.93. The van der Waals surface area contributed by atoms with Crippen molar-refractivity contribution in [2.24, 2.45) is 0 Å². The highest BCUT2D eigenvalue weighted by Crippen LogP contribution is 2.24. The number of para-hydroxylation sites is 1. The molecule has 0 spiro atoms. The van der Waals surface area contributed by atoms with Gasteiger partial charge in [-0.15, -0.1) is 11.8 Å². The molecule has 100 valence electrons. The summed E-state index contributed by atoms with van der Waals surface area (Å²) in [6.07, 6.45) is 1.01. The quantitative estimate of drug-likeness (QED) is 0.488. The lowest BCUT2D eigenvalue weighted by atomic mass is 10.2. The Morgan fingerprint density at radius 2 is 1.79 bits per heavy atom. The second-order valence-corrected chi connectivity index (χ2v) is 5.54. The first-order valence-corrected chi connectivity index (χ1v) is 7.41. The first-order valence-electron chi connectivity index (χ1n) is 6.42. The van der Waals surface area contributed by atoms with Gasteiger partial charge in [-0.05, 0) is 37.6 Å². The van der Waals surface area contributed by atoms with Gasteiger partial charge in [-0.25, -0.2) is 0 Å². The van der Waals surface area contributed by atoms with Crippen molar-refractivity contribution in [3.8, 4) is 5.75 Å². The predicted molar refractivity (Wildman–Crippen MR) is 82.9 cm³/mol. The van der Waals surface area contributed by atoms with Crippen LogP contribution in [0.5, 0.6) is 5.75 Å². The van der Waals surface area contributed by atoms with E-state index in [0.717, 1.165) is 35.1 Å². The molecule has 2 rings (SSSR count). The minimum atomic E-state index is 0.739. The van der Waals surface area contributed by atoms with Crippen LogP contribution < -0.4 is 10.5 Å². The largest absolute Gasteiger partial charge is 0.494 e. The van der Waals surface area contributed by atoms with Crippen molar-refractivity contribution in [1.29, 1.82) is 0 Å².